The lowest BCUT2D eigenvalue weighted by atomic mass is 10.0. The SMILES string of the molecule is C=C(C)CCCCCCCCCCCCCCCCC(=O)NC(CCCCNC(=O)CCOCCOCCNC(=O)CCOCCOCCNC(=O)C(CCCNC(=O)CC)NC(=O)CI)C(N)=O. The number of hydrogen-bond acceptors (Lipinski definition) is 11. The Balaban J connectivity index is 3.71. The number of nitrogens with one attached hydrogen (secondary N) is 6. The number of primary amides is 1. The summed E-state index contributed by atoms with van der Waals surface area (Å²) in [7, 11) is 0. The van der Waals surface area contributed by atoms with Crippen LogP contribution in [0.2, 0.25) is 0 Å². The van der Waals surface area contributed by atoms with E-state index in [-0.39, 0.29) is 92.3 Å². The van der Waals surface area contributed by atoms with Crippen molar-refractivity contribution in [3.8, 4) is 0 Å². The Labute approximate surface area is 427 Å². The van der Waals surface area contributed by atoms with Crippen molar-refractivity contribution in [2.24, 2.45) is 5.73 Å². The summed E-state index contributed by atoms with van der Waals surface area (Å²) in [5, 5.41) is 16.6. The average molecular weight is 1090 g/mol. The lowest BCUT2D eigenvalue weighted by Crippen LogP contribution is -2.48. The predicted molar refractivity (Wildman–Crippen MR) is 279 cm³/mol. The van der Waals surface area contributed by atoms with E-state index in [0.717, 1.165) is 19.3 Å². The quantitative estimate of drug-likeness (QED) is 0.0177. The van der Waals surface area contributed by atoms with Gasteiger partial charge in [0, 0.05) is 51.9 Å². The van der Waals surface area contributed by atoms with Gasteiger partial charge in [-0.1, -0.05) is 112 Å². The van der Waals surface area contributed by atoms with Crippen LogP contribution in [-0.2, 0) is 52.5 Å². The second kappa shape index (κ2) is 48.2. The van der Waals surface area contributed by atoms with Crippen molar-refractivity contribution in [2.45, 2.75) is 180 Å². The molecule has 0 spiro atoms. The molecule has 0 saturated carbocycles. The van der Waals surface area contributed by atoms with Gasteiger partial charge in [0.25, 0.3) is 0 Å². The van der Waals surface area contributed by atoms with Crippen molar-refractivity contribution in [3.63, 3.8) is 0 Å². The van der Waals surface area contributed by atoms with Crippen molar-refractivity contribution in [1.82, 2.24) is 31.9 Å². The topological polar surface area (TPSA) is 255 Å². The van der Waals surface area contributed by atoms with Gasteiger partial charge in [-0.05, 0) is 58.3 Å². The third-order valence-electron chi connectivity index (χ3n) is 11.1. The first kappa shape index (κ1) is 65.6. The molecule has 2 unspecified atom stereocenters. The number of amides is 7. The van der Waals surface area contributed by atoms with Crippen LogP contribution in [0.4, 0.5) is 0 Å². The largest absolute Gasteiger partial charge is 0.379 e. The zero-order chi connectivity index (χ0) is 51.0. The summed E-state index contributed by atoms with van der Waals surface area (Å²) in [6.07, 6.45) is 22.3. The molecule has 400 valence electrons. The second-order valence-electron chi connectivity index (χ2n) is 17.5. The van der Waals surface area contributed by atoms with E-state index in [2.05, 4.69) is 45.4 Å². The number of rotatable bonds is 50. The van der Waals surface area contributed by atoms with Gasteiger partial charge in [0.05, 0.1) is 57.3 Å². The molecular weight excluding hydrogens is 1000 g/mol. The van der Waals surface area contributed by atoms with Gasteiger partial charge in [0.2, 0.25) is 41.4 Å². The highest BCUT2D eigenvalue weighted by molar-refractivity contribution is 14.1. The van der Waals surface area contributed by atoms with Crippen LogP contribution in [0, 0.1) is 0 Å². The van der Waals surface area contributed by atoms with Crippen LogP contribution >= 0.6 is 22.6 Å². The Morgan fingerprint density at radius 1 is 0.449 bits per heavy atom. The van der Waals surface area contributed by atoms with Crippen molar-refractivity contribution < 1.29 is 52.5 Å². The van der Waals surface area contributed by atoms with Crippen LogP contribution in [-0.4, -0.2) is 137 Å². The first-order chi connectivity index (χ1) is 33.4. The van der Waals surface area contributed by atoms with Crippen LogP contribution in [0.1, 0.15) is 168 Å². The van der Waals surface area contributed by atoms with Crippen molar-refractivity contribution >= 4 is 63.9 Å². The highest BCUT2D eigenvalue weighted by atomic mass is 127. The van der Waals surface area contributed by atoms with E-state index in [1.54, 1.807) is 6.92 Å². The first-order valence-electron chi connectivity index (χ1n) is 25.9. The molecule has 8 N–H and O–H groups in total. The summed E-state index contributed by atoms with van der Waals surface area (Å²) in [6.45, 7) is 11.5. The minimum atomic E-state index is -0.713. The number of carbonyl (C=O) groups is 7. The Morgan fingerprint density at radius 2 is 0.870 bits per heavy atom. The molecule has 0 aliphatic heterocycles. The Hall–Kier alpha value is -3.40. The van der Waals surface area contributed by atoms with Gasteiger partial charge in [-0.2, -0.15) is 0 Å². The van der Waals surface area contributed by atoms with E-state index in [9.17, 15) is 33.6 Å². The fraction of sp³-hybridized carbons (Fsp3) is 0.820. The van der Waals surface area contributed by atoms with Gasteiger partial charge in [-0.25, -0.2) is 0 Å². The van der Waals surface area contributed by atoms with Crippen LogP contribution in [0.3, 0.4) is 0 Å². The summed E-state index contributed by atoms with van der Waals surface area (Å²) >= 11 is 1.93. The molecule has 0 bridgehead atoms. The maximum absolute atomic E-state index is 12.6. The number of hydrogen-bond donors (Lipinski definition) is 7. The van der Waals surface area contributed by atoms with Gasteiger partial charge in [0.1, 0.15) is 12.1 Å². The Kier molecular flexibility index (Phi) is 45.9. The average Bonchev–Trinajstić information content (AvgIpc) is 3.32. The van der Waals surface area contributed by atoms with Crippen molar-refractivity contribution in [2.75, 3.05) is 83.5 Å². The van der Waals surface area contributed by atoms with E-state index < -0.39 is 18.0 Å². The number of unbranched alkanes of at least 4 members (excludes halogenated alkanes) is 14. The maximum atomic E-state index is 12.6. The van der Waals surface area contributed by atoms with Gasteiger partial charge in [0.15, 0.2) is 0 Å². The molecule has 18 nitrogen and oxygen atoms in total. The molecule has 0 aromatic heterocycles. The normalized spacial score (nSPS) is 11.9. The summed E-state index contributed by atoms with van der Waals surface area (Å²) in [4.78, 5) is 84.4. The molecule has 0 aromatic carbocycles. The van der Waals surface area contributed by atoms with Gasteiger partial charge in [-0.3, -0.25) is 33.6 Å². The molecule has 0 aliphatic carbocycles. The van der Waals surface area contributed by atoms with E-state index in [1.807, 2.05) is 22.6 Å². The fourth-order valence-corrected chi connectivity index (χ4v) is 7.25. The predicted octanol–water partition coefficient (Wildman–Crippen LogP) is 5.37. The zero-order valence-electron chi connectivity index (χ0n) is 42.5. The summed E-state index contributed by atoms with van der Waals surface area (Å²) in [5.74, 6) is -1.63. The monoisotopic (exact) mass is 1090 g/mol. The summed E-state index contributed by atoms with van der Waals surface area (Å²) < 4.78 is 22.1. The minimum absolute atomic E-state index is 0.0658. The minimum Gasteiger partial charge on any atom is -0.379 e. The number of alkyl halides is 1. The molecule has 0 fully saturated rings. The Morgan fingerprint density at radius 3 is 1.36 bits per heavy atom. The smallest absolute Gasteiger partial charge is 0.242 e. The lowest BCUT2D eigenvalue weighted by molar-refractivity contribution is -0.128. The molecule has 0 heterocycles. The van der Waals surface area contributed by atoms with Crippen LogP contribution in [0.25, 0.3) is 0 Å². The molecule has 0 radical (unpaired) electrons. The molecule has 0 aliphatic rings. The summed E-state index contributed by atoms with van der Waals surface area (Å²) in [6, 6.07) is -1.41. The van der Waals surface area contributed by atoms with E-state index in [1.165, 1.54) is 82.6 Å². The number of halogens is 1. The molecule has 0 aromatic rings. The van der Waals surface area contributed by atoms with Crippen LogP contribution in [0.5, 0.6) is 0 Å². The molecular formula is C50H92IN7O11. The first-order valence-corrected chi connectivity index (χ1v) is 27.4. The molecule has 0 saturated heterocycles. The lowest BCUT2D eigenvalue weighted by Gasteiger charge is -2.18. The third kappa shape index (κ3) is 45.5. The van der Waals surface area contributed by atoms with Crippen LogP contribution < -0.4 is 37.6 Å². The number of ether oxygens (including phenoxy) is 4. The van der Waals surface area contributed by atoms with Gasteiger partial charge in [-0.15, -0.1) is 6.58 Å². The van der Waals surface area contributed by atoms with Crippen molar-refractivity contribution in [1.29, 1.82) is 0 Å². The van der Waals surface area contributed by atoms with E-state index >= 15 is 0 Å². The maximum Gasteiger partial charge on any atom is 0.242 e. The van der Waals surface area contributed by atoms with E-state index in [4.69, 9.17) is 24.7 Å². The molecule has 19 heteroatoms. The molecule has 0 rings (SSSR count). The standard InChI is InChI=1S/C50H92IN7O11/c1-4-44(59)53-29-21-24-43(58-48(63)40-51)50(65)56-31-35-69-39-37-67-33-27-46(61)55-30-34-68-38-36-66-32-26-45(60)54-28-20-19-23-42(49(52)64)57-47(62)25-18-16-14-12-10-8-6-5-7-9-11-13-15-17-22-41(2)3/h42-43H,2,4-40H2,1,3H3,(H2,52,64)(H,53,59)(H,54,60)(H,55,61)(H,56,65)(H,57,62)(H,58,63). The molecule has 2 atom stereocenters. The number of carbonyl (C=O) groups excluding carboxylic acids is 7. The molecule has 69 heavy (non-hydrogen) atoms. The highest BCUT2D eigenvalue weighted by Crippen LogP contribution is 2.15. The van der Waals surface area contributed by atoms with E-state index in [0.29, 0.717) is 84.4 Å². The molecule has 7 amide bonds. The highest BCUT2D eigenvalue weighted by Gasteiger charge is 2.20. The second-order valence-corrected chi connectivity index (χ2v) is 18.2. The van der Waals surface area contributed by atoms with Crippen molar-refractivity contribution in [3.05, 3.63) is 12.2 Å². The van der Waals surface area contributed by atoms with Gasteiger partial charge >= 0.3 is 0 Å². The van der Waals surface area contributed by atoms with Crippen LogP contribution in [0.15, 0.2) is 12.2 Å². The Bertz CT molecular complexity index is 1390. The number of nitrogens with two attached hydrogens (primary N) is 1. The third-order valence-corrected chi connectivity index (χ3v) is 11.8. The number of allylic oxidation sites excluding steroid dienone is 1. The zero-order valence-corrected chi connectivity index (χ0v) is 44.6. The van der Waals surface area contributed by atoms with Gasteiger partial charge < -0.3 is 56.6 Å². The summed E-state index contributed by atoms with van der Waals surface area (Å²) in [5.41, 5.74) is 6.84. The fourth-order valence-electron chi connectivity index (χ4n) is 7.03.